The molecule has 2 unspecified atom stereocenters. The van der Waals surface area contributed by atoms with E-state index in [4.69, 9.17) is 30.5 Å². The highest BCUT2D eigenvalue weighted by atomic mass is 35.5. The van der Waals surface area contributed by atoms with E-state index >= 15 is 0 Å². The Morgan fingerprint density at radius 1 is 0.658 bits per heavy atom. The summed E-state index contributed by atoms with van der Waals surface area (Å²) in [5.41, 5.74) is 5.51. The van der Waals surface area contributed by atoms with Crippen LogP contribution in [0.4, 0.5) is 10.0 Å². The van der Waals surface area contributed by atoms with Crippen LogP contribution in [0.1, 0.15) is 4.88 Å². The molecule has 11 heteroatoms. The summed E-state index contributed by atoms with van der Waals surface area (Å²) in [6, 6.07) is 29.4. The van der Waals surface area contributed by atoms with Gasteiger partial charge < -0.3 is 5.73 Å². The number of halogens is 1. The Balaban J connectivity index is 0.000000166. The zero-order valence-electron chi connectivity index (χ0n) is 19.7. The van der Waals surface area contributed by atoms with Crippen LogP contribution in [0, 0.1) is 13.1 Å². The second kappa shape index (κ2) is 15.5. The van der Waals surface area contributed by atoms with Crippen molar-refractivity contribution in [1.82, 2.24) is 0 Å². The van der Waals surface area contributed by atoms with E-state index < -0.39 is 21.6 Å². The second-order valence-corrected chi connectivity index (χ2v) is 14.3. The van der Waals surface area contributed by atoms with E-state index in [0.717, 1.165) is 23.1 Å². The minimum absolute atomic E-state index is 0.511. The molecule has 0 radical (unpaired) electrons. The van der Waals surface area contributed by atoms with Crippen molar-refractivity contribution in [1.29, 1.82) is 0 Å². The fourth-order valence-corrected chi connectivity index (χ4v) is 8.10. The van der Waals surface area contributed by atoms with Gasteiger partial charge in [-0.2, -0.15) is 0 Å². The molecule has 3 heterocycles. The molecule has 0 saturated heterocycles. The lowest BCUT2D eigenvalue weighted by Crippen LogP contribution is -1.91. The van der Waals surface area contributed by atoms with E-state index in [1.165, 1.54) is 34.0 Å². The van der Waals surface area contributed by atoms with Gasteiger partial charge in [0.25, 0.3) is 0 Å². The van der Waals surface area contributed by atoms with Crippen molar-refractivity contribution in [2.24, 2.45) is 5.73 Å². The zero-order chi connectivity index (χ0) is 27.3. The minimum atomic E-state index is -1.15. The summed E-state index contributed by atoms with van der Waals surface area (Å²) in [5, 5.41) is 1.23. The normalized spacial score (nSPS) is 11.5. The molecule has 0 amide bonds. The molecule has 0 bridgehead atoms. The van der Waals surface area contributed by atoms with Crippen LogP contribution in [-0.4, -0.2) is 8.42 Å². The largest absolute Gasteiger partial charge is 0.326 e. The first-order chi connectivity index (χ1) is 18.4. The lowest BCUT2D eigenvalue weighted by molar-refractivity contribution is 0.683. The topological polar surface area (TPSA) is 68.9 Å². The summed E-state index contributed by atoms with van der Waals surface area (Å²) < 4.78 is 26.3. The molecule has 0 aliphatic rings. The Morgan fingerprint density at radius 3 is 1.53 bits per heavy atom. The number of hydrogen-bond acceptors (Lipinski definition) is 6. The van der Waals surface area contributed by atoms with E-state index in [1.54, 1.807) is 24.3 Å². The first kappa shape index (κ1) is 29.6. The number of benzene rings is 2. The Kier molecular flexibility index (Phi) is 12.1. The number of rotatable bonds is 5. The molecule has 38 heavy (non-hydrogen) atoms. The Bertz CT molecular complexity index is 1580. The lowest BCUT2D eigenvalue weighted by atomic mass is 10.4. The molecule has 192 valence electrons. The maximum absolute atomic E-state index is 12.1. The third-order valence-electron chi connectivity index (χ3n) is 4.46. The van der Waals surface area contributed by atoms with Gasteiger partial charge in [0.05, 0.1) is 47.5 Å². The van der Waals surface area contributed by atoms with Crippen molar-refractivity contribution >= 4 is 77.2 Å². The first-order valence-electron chi connectivity index (χ1n) is 10.8. The number of nitrogens with zero attached hydrogens (tertiary/aromatic N) is 2. The standard InChI is InChI=1S/C11H7NOS2.C11H11NOS2.C5H2ClNS/c1-12-10-7-8-11(14-10)15(13)9-5-3-2-4-6-9;12-8-9-6-7-11(14-9)15(13)10-4-2-1-3-5-10;1-7-5-3-2-4(6)8-5/h2-8H;1-7H,8,12H2;2-3H. The molecule has 5 aromatic rings. The van der Waals surface area contributed by atoms with Crippen LogP contribution in [-0.2, 0) is 28.1 Å². The highest BCUT2D eigenvalue weighted by molar-refractivity contribution is 7.87. The summed E-state index contributed by atoms with van der Waals surface area (Å²) in [5.74, 6) is 0. The van der Waals surface area contributed by atoms with Gasteiger partial charge in [0, 0.05) is 21.2 Å². The van der Waals surface area contributed by atoms with Gasteiger partial charge in [-0.25, -0.2) is 18.1 Å². The Labute approximate surface area is 243 Å². The molecule has 2 N–H and O–H groups in total. The van der Waals surface area contributed by atoms with E-state index in [-0.39, 0.29) is 0 Å². The SMILES string of the molecule is NCc1ccc(S(=O)c2ccccc2)s1.[C-]#[N+]c1ccc(Cl)s1.[C-]#[N+]c1ccc(S(=O)c2ccccc2)s1. The zero-order valence-corrected chi connectivity index (χ0v) is 24.5. The summed E-state index contributed by atoms with van der Waals surface area (Å²) >= 11 is 9.61. The van der Waals surface area contributed by atoms with Gasteiger partial charge in [0.2, 0.25) is 10.0 Å². The average molecular weight is 614 g/mol. The fraction of sp³-hybridized carbons (Fsp3) is 0.0370. The lowest BCUT2D eigenvalue weighted by Gasteiger charge is -1.97. The summed E-state index contributed by atoms with van der Waals surface area (Å²) in [6.07, 6.45) is 0. The van der Waals surface area contributed by atoms with Crippen LogP contribution in [0.3, 0.4) is 0 Å². The van der Waals surface area contributed by atoms with Crippen molar-refractivity contribution in [3.05, 3.63) is 129 Å². The van der Waals surface area contributed by atoms with Crippen LogP contribution >= 0.6 is 45.6 Å². The Hall–Kier alpha value is -2.93. The molecular formula is C27H20ClN3O2S5. The van der Waals surface area contributed by atoms with Crippen molar-refractivity contribution < 1.29 is 8.42 Å². The monoisotopic (exact) mass is 613 g/mol. The van der Waals surface area contributed by atoms with Crippen molar-refractivity contribution in [2.45, 2.75) is 24.8 Å². The van der Waals surface area contributed by atoms with E-state index in [1.807, 2.05) is 72.8 Å². The van der Waals surface area contributed by atoms with Crippen LogP contribution in [0.2, 0.25) is 4.34 Å². The fourth-order valence-electron chi connectivity index (χ4n) is 2.72. The molecule has 0 saturated carbocycles. The maximum Gasteiger partial charge on any atom is 0.242 e. The van der Waals surface area contributed by atoms with Crippen LogP contribution < -0.4 is 5.73 Å². The molecule has 5 rings (SSSR count). The van der Waals surface area contributed by atoms with Crippen LogP contribution in [0.15, 0.2) is 115 Å². The summed E-state index contributed by atoms with van der Waals surface area (Å²) in [4.78, 5) is 9.15. The van der Waals surface area contributed by atoms with Gasteiger partial charge in [-0.15, -0.1) is 34.0 Å². The quantitative estimate of drug-likeness (QED) is 0.201. The van der Waals surface area contributed by atoms with Crippen LogP contribution in [0.5, 0.6) is 0 Å². The minimum Gasteiger partial charge on any atom is -0.326 e. The average Bonchev–Trinajstić information content (AvgIpc) is 3.75. The molecule has 3 aromatic heterocycles. The molecule has 0 aliphatic carbocycles. The van der Waals surface area contributed by atoms with Gasteiger partial charge in [-0.3, -0.25) is 0 Å². The van der Waals surface area contributed by atoms with E-state index in [2.05, 4.69) is 9.69 Å². The van der Waals surface area contributed by atoms with Crippen LogP contribution in [0.25, 0.3) is 9.69 Å². The van der Waals surface area contributed by atoms with Crippen molar-refractivity contribution in [3.8, 4) is 0 Å². The van der Waals surface area contributed by atoms with Gasteiger partial charge in [0.1, 0.15) is 0 Å². The number of hydrogen-bond donors (Lipinski definition) is 1. The third-order valence-corrected chi connectivity index (χ3v) is 11.1. The summed E-state index contributed by atoms with van der Waals surface area (Å²) in [7, 11) is -2.22. The van der Waals surface area contributed by atoms with Crippen molar-refractivity contribution in [2.75, 3.05) is 0 Å². The van der Waals surface area contributed by atoms with Gasteiger partial charge in [0.15, 0.2) is 0 Å². The van der Waals surface area contributed by atoms with Crippen molar-refractivity contribution in [3.63, 3.8) is 0 Å². The smallest absolute Gasteiger partial charge is 0.242 e. The highest BCUT2D eigenvalue weighted by Crippen LogP contribution is 2.30. The predicted molar refractivity (Wildman–Crippen MR) is 161 cm³/mol. The molecule has 0 aliphatic heterocycles. The van der Waals surface area contributed by atoms with E-state index in [0.29, 0.717) is 20.9 Å². The highest BCUT2D eigenvalue weighted by Gasteiger charge is 2.10. The first-order valence-corrected chi connectivity index (χ1v) is 15.9. The van der Waals surface area contributed by atoms with E-state index in [9.17, 15) is 8.42 Å². The second-order valence-electron chi connectivity index (χ2n) is 6.98. The number of thiophene rings is 3. The molecular weight excluding hydrogens is 594 g/mol. The third kappa shape index (κ3) is 8.83. The predicted octanol–water partition coefficient (Wildman–Crippen LogP) is 8.79. The van der Waals surface area contributed by atoms with Gasteiger partial charge in [-0.05, 0) is 60.7 Å². The maximum atomic E-state index is 12.1. The Morgan fingerprint density at radius 2 is 1.13 bits per heavy atom. The molecule has 0 spiro atoms. The number of nitrogens with two attached hydrogens (primary N) is 1. The van der Waals surface area contributed by atoms with Gasteiger partial charge in [-0.1, -0.05) is 48.0 Å². The molecule has 5 nitrogen and oxygen atoms in total. The molecule has 2 aromatic carbocycles. The molecule has 2 atom stereocenters. The summed E-state index contributed by atoms with van der Waals surface area (Å²) in [6.45, 7) is 13.9. The molecule has 0 fully saturated rings. The van der Waals surface area contributed by atoms with Gasteiger partial charge >= 0.3 is 0 Å².